The molecule has 1 aromatic carbocycles. The first-order chi connectivity index (χ1) is 15.3. The van der Waals surface area contributed by atoms with Gasteiger partial charge in [0.05, 0.1) is 17.7 Å². The van der Waals surface area contributed by atoms with Crippen LogP contribution in [0.4, 0.5) is 5.82 Å². The monoisotopic (exact) mass is 457 g/mol. The fourth-order valence-corrected chi connectivity index (χ4v) is 4.84. The molecule has 2 aromatic rings. The van der Waals surface area contributed by atoms with Crippen LogP contribution in [0.15, 0.2) is 30.6 Å². The van der Waals surface area contributed by atoms with Crippen LogP contribution in [0.5, 0.6) is 0 Å². The van der Waals surface area contributed by atoms with Gasteiger partial charge in [-0.25, -0.2) is 9.97 Å². The highest BCUT2D eigenvalue weighted by Gasteiger charge is 2.35. The molecule has 1 aliphatic heterocycles. The molecule has 1 aromatic heterocycles. The van der Waals surface area contributed by atoms with Crippen molar-refractivity contribution in [3.8, 4) is 0 Å². The molecule has 0 saturated carbocycles. The number of hydrogen-bond donors (Lipinski definition) is 2. The summed E-state index contributed by atoms with van der Waals surface area (Å²) in [5.41, 5.74) is 2.79. The van der Waals surface area contributed by atoms with Crippen LogP contribution >= 0.6 is 11.6 Å². The van der Waals surface area contributed by atoms with Gasteiger partial charge in [0.1, 0.15) is 12.1 Å². The lowest BCUT2D eigenvalue weighted by molar-refractivity contribution is -0.133. The Morgan fingerprint density at radius 3 is 2.53 bits per heavy atom. The summed E-state index contributed by atoms with van der Waals surface area (Å²) in [6, 6.07) is 7.87. The van der Waals surface area contributed by atoms with Gasteiger partial charge in [-0.2, -0.15) is 0 Å². The zero-order valence-corrected chi connectivity index (χ0v) is 19.7. The van der Waals surface area contributed by atoms with E-state index in [-0.39, 0.29) is 17.7 Å². The van der Waals surface area contributed by atoms with Crippen LogP contribution in [0.3, 0.4) is 0 Å². The summed E-state index contributed by atoms with van der Waals surface area (Å²) in [6.45, 7) is 9.57. The molecule has 1 saturated heterocycles. The number of amides is 1. The van der Waals surface area contributed by atoms with E-state index >= 15 is 0 Å². The summed E-state index contributed by atoms with van der Waals surface area (Å²) >= 11 is 6.06. The highest BCUT2D eigenvalue weighted by atomic mass is 35.5. The Labute approximate surface area is 194 Å². The maximum atomic E-state index is 13.5. The first-order valence-corrected chi connectivity index (χ1v) is 11.8. The molecule has 7 nitrogen and oxygen atoms in total. The molecule has 3 atom stereocenters. The Morgan fingerprint density at radius 2 is 1.88 bits per heavy atom. The van der Waals surface area contributed by atoms with Crippen molar-refractivity contribution in [3.63, 3.8) is 0 Å². The molecule has 1 fully saturated rings. The van der Waals surface area contributed by atoms with Crippen LogP contribution in [0.1, 0.15) is 62.0 Å². The van der Waals surface area contributed by atoms with Crippen LogP contribution in [0.2, 0.25) is 5.02 Å². The molecule has 0 bridgehead atoms. The summed E-state index contributed by atoms with van der Waals surface area (Å²) < 4.78 is 0. The molecular formula is C24H32ClN5O2. The second-order valence-corrected chi connectivity index (χ2v) is 9.56. The molecule has 4 rings (SSSR count). The van der Waals surface area contributed by atoms with E-state index in [1.807, 2.05) is 29.2 Å². The van der Waals surface area contributed by atoms with Crippen molar-refractivity contribution in [2.75, 3.05) is 37.6 Å². The maximum Gasteiger partial charge on any atom is 0.231 e. The summed E-state index contributed by atoms with van der Waals surface area (Å²) in [7, 11) is 0. The molecule has 2 heterocycles. The van der Waals surface area contributed by atoms with E-state index in [0.29, 0.717) is 50.2 Å². The Bertz CT molecular complexity index is 944. The highest BCUT2D eigenvalue weighted by molar-refractivity contribution is 6.30. The molecule has 2 N–H and O–H groups in total. The lowest BCUT2D eigenvalue weighted by Crippen LogP contribution is -2.51. The number of nitrogens with one attached hydrogen (secondary N) is 1. The van der Waals surface area contributed by atoms with Crippen molar-refractivity contribution in [1.82, 2.24) is 20.2 Å². The largest absolute Gasteiger partial charge is 0.387 e. The van der Waals surface area contributed by atoms with Gasteiger partial charge < -0.3 is 20.2 Å². The van der Waals surface area contributed by atoms with Gasteiger partial charge in [0.25, 0.3) is 0 Å². The first kappa shape index (κ1) is 23.0. The van der Waals surface area contributed by atoms with Crippen LogP contribution < -0.4 is 10.2 Å². The quantitative estimate of drug-likeness (QED) is 0.693. The predicted octanol–water partition coefficient (Wildman–Crippen LogP) is 3.10. The fourth-order valence-electron chi connectivity index (χ4n) is 4.71. The second-order valence-electron chi connectivity index (χ2n) is 9.13. The molecule has 32 heavy (non-hydrogen) atoms. The number of aromatic nitrogens is 2. The van der Waals surface area contributed by atoms with Crippen LogP contribution in [-0.4, -0.2) is 64.6 Å². The molecule has 1 aliphatic carbocycles. The zero-order valence-electron chi connectivity index (χ0n) is 19.0. The Kier molecular flexibility index (Phi) is 6.98. The van der Waals surface area contributed by atoms with Gasteiger partial charge in [0, 0.05) is 49.4 Å². The molecule has 0 radical (unpaired) electrons. The standard InChI is InChI=1S/C24H32ClN5O2/c1-15(2)26-13-19(17-4-6-18(25)7-5-17)24(32)30-10-8-29(9-11-30)23-21-16(3)12-20(31)22(21)27-14-28-23/h4-7,14-16,19-20,26,31H,8-13H2,1-3H3/t16-,19+,20+/m1/s1. The van der Waals surface area contributed by atoms with Gasteiger partial charge >= 0.3 is 0 Å². The maximum absolute atomic E-state index is 13.5. The van der Waals surface area contributed by atoms with E-state index in [2.05, 4.69) is 41.0 Å². The minimum atomic E-state index is -0.516. The van der Waals surface area contributed by atoms with E-state index in [4.69, 9.17) is 11.6 Å². The van der Waals surface area contributed by atoms with Crippen LogP contribution in [-0.2, 0) is 4.79 Å². The summed E-state index contributed by atoms with van der Waals surface area (Å²) in [4.78, 5) is 26.5. The number of aliphatic hydroxyl groups excluding tert-OH is 1. The van der Waals surface area contributed by atoms with Gasteiger partial charge in [0.15, 0.2) is 0 Å². The molecule has 0 spiro atoms. The second kappa shape index (κ2) is 9.73. The smallest absolute Gasteiger partial charge is 0.231 e. The third-order valence-corrected chi connectivity index (χ3v) is 6.72. The summed E-state index contributed by atoms with van der Waals surface area (Å²) in [6.07, 6.45) is 1.71. The zero-order chi connectivity index (χ0) is 22.8. The van der Waals surface area contributed by atoms with E-state index in [0.717, 1.165) is 22.6 Å². The number of carbonyl (C=O) groups excluding carboxylic acids is 1. The number of fused-ring (bicyclic) bond motifs is 1. The first-order valence-electron chi connectivity index (χ1n) is 11.4. The predicted molar refractivity (Wildman–Crippen MR) is 126 cm³/mol. The number of piperazine rings is 1. The van der Waals surface area contributed by atoms with Gasteiger partial charge in [-0.05, 0) is 30.0 Å². The lowest BCUT2D eigenvalue weighted by Gasteiger charge is -2.38. The number of aliphatic hydroxyl groups is 1. The van der Waals surface area contributed by atoms with Crippen molar-refractivity contribution in [2.24, 2.45) is 0 Å². The van der Waals surface area contributed by atoms with Gasteiger partial charge in [-0.3, -0.25) is 4.79 Å². The van der Waals surface area contributed by atoms with Gasteiger partial charge in [-0.15, -0.1) is 0 Å². The Hall–Kier alpha value is -2.22. The van der Waals surface area contributed by atoms with Crippen LogP contribution in [0.25, 0.3) is 0 Å². The number of anilines is 1. The van der Waals surface area contributed by atoms with E-state index < -0.39 is 6.10 Å². The molecule has 8 heteroatoms. The fraction of sp³-hybridized carbons (Fsp3) is 0.542. The van der Waals surface area contributed by atoms with Crippen molar-refractivity contribution in [2.45, 2.75) is 51.2 Å². The van der Waals surface area contributed by atoms with Gasteiger partial charge in [-0.1, -0.05) is 44.5 Å². The number of halogens is 1. The van der Waals surface area contributed by atoms with E-state index in [1.54, 1.807) is 6.33 Å². The van der Waals surface area contributed by atoms with Crippen molar-refractivity contribution in [3.05, 3.63) is 52.4 Å². The van der Waals surface area contributed by atoms with Crippen molar-refractivity contribution < 1.29 is 9.90 Å². The lowest BCUT2D eigenvalue weighted by atomic mass is 9.96. The summed E-state index contributed by atoms with van der Waals surface area (Å²) in [5, 5.41) is 14.4. The van der Waals surface area contributed by atoms with Crippen LogP contribution in [0, 0.1) is 0 Å². The number of carbonyl (C=O) groups is 1. The van der Waals surface area contributed by atoms with Crippen molar-refractivity contribution in [1.29, 1.82) is 0 Å². The molecule has 172 valence electrons. The third-order valence-electron chi connectivity index (χ3n) is 6.47. The molecular weight excluding hydrogens is 426 g/mol. The minimum Gasteiger partial charge on any atom is -0.387 e. The molecule has 2 aliphatic rings. The number of hydrogen-bond acceptors (Lipinski definition) is 6. The summed E-state index contributed by atoms with van der Waals surface area (Å²) in [5.74, 6) is 1.02. The number of benzene rings is 1. The van der Waals surface area contributed by atoms with Crippen molar-refractivity contribution >= 4 is 23.3 Å². The molecule has 0 unspecified atom stereocenters. The third kappa shape index (κ3) is 4.75. The normalized spacial score (nSPS) is 21.7. The Balaban J connectivity index is 1.47. The number of rotatable bonds is 6. The van der Waals surface area contributed by atoms with Gasteiger partial charge in [0.2, 0.25) is 5.91 Å². The SMILES string of the molecule is CC(C)NC[C@H](C(=O)N1CCN(c2ncnc3c2[C@H](C)C[C@@H]3O)CC1)c1ccc(Cl)cc1. The minimum absolute atomic E-state index is 0.136. The van der Waals surface area contributed by atoms with E-state index in [1.165, 1.54) is 0 Å². The highest BCUT2D eigenvalue weighted by Crippen LogP contribution is 2.42. The molecule has 1 amide bonds. The average molecular weight is 458 g/mol. The topological polar surface area (TPSA) is 81.6 Å². The average Bonchev–Trinajstić information content (AvgIpc) is 3.08. The number of nitrogens with zero attached hydrogens (tertiary/aromatic N) is 4. The Morgan fingerprint density at radius 1 is 1.19 bits per heavy atom. The van der Waals surface area contributed by atoms with E-state index in [9.17, 15) is 9.90 Å².